The number of nitrogens with zero attached hydrogens (tertiary/aromatic N) is 2. The molecule has 0 atom stereocenters. The number of carbonyl (C=O) groups is 1. The molecule has 0 N–H and O–H groups in total. The van der Waals surface area contributed by atoms with Gasteiger partial charge < -0.3 is 23.8 Å². The third-order valence-electron chi connectivity index (χ3n) is 6.06. The number of ether oxygens (including phenoxy) is 4. The Morgan fingerprint density at radius 1 is 1.09 bits per heavy atom. The highest BCUT2D eigenvalue weighted by molar-refractivity contribution is 5.91. The van der Waals surface area contributed by atoms with E-state index in [2.05, 4.69) is 0 Å². The molecule has 0 saturated carbocycles. The van der Waals surface area contributed by atoms with E-state index in [4.69, 9.17) is 18.9 Å². The molecule has 7 nitrogen and oxygen atoms in total. The monoisotopic (exact) mass is 460 g/mol. The lowest BCUT2D eigenvalue weighted by molar-refractivity contribution is -0.0950. The fourth-order valence-electron chi connectivity index (χ4n) is 3.89. The van der Waals surface area contributed by atoms with Gasteiger partial charge in [0.2, 0.25) is 0 Å². The van der Waals surface area contributed by atoms with Gasteiger partial charge in [-0.05, 0) is 35.4 Å². The summed E-state index contributed by atoms with van der Waals surface area (Å²) in [5, 5.41) is 0. The van der Waals surface area contributed by atoms with Crippen LogP contribution < -0.4 is 9.64 Å². The fraction of sp³-hybridized carbons (Fsp3) is 0.480. The van der Waals surface area contributed by atoms with E-state index in [9.17, 15) is 9.18 Å². The van der Waals surface area contributed by atoms with Gasteiger partial charge in [0.25, 0.3) is 0 Å². The summed E-state index contributed by atoms with van der Waals surface area (Å²) in [6.45, 7) is 2.42. The Kier molecular flexibility index (Phi) is 8.66. The maximum Gasteiger partial charge on any atom is 0.324 e. The molecule has 1 aliphatic heterocycles. The number of hydrogen-bond acceptors (Lipinski definition) is 5. The summed E-state index contributed by atoms with van der Waals surface area (Å²) >= 11 is 0. The van der Waals surface area contributed by atoms with E-state index >= 15 is 0 Å². The summed E-state index contributed by atoms with van der Waals surface area (Å²) in [6, 6.07) is 12.1. The predicted octanol–water partition coefficient (Wildman–Crippen LogP) is 4.19. The van der Waals surface area contributed by atoms with E-state index in [1.807, 2.05) is 30.3 Å². The van der Waals surface area contributed by atoms with Crippen molar-refractivity contribution < 1.29 is 28.1 Å². The quantitative estimate of drug-likeness (QED) is 0.562. The normalized spacial score (nSPS) is 15.2. The number of benzene rings is 2. The number of rotatable bonds is 9. The van der Waals surface area contributed by atoms with Crippen molar-refractivity contribution in [3.8, 4) is 5.75 Å². The minimum atomic E-state index is -0.562. The number of carbonyl (C=O) groups excluding carboxylic acids is 1. The number of amides is 2. The Labute approximate surface area is 195 Å². The Hall–Kier alpha value is -2.68. The largest absolute Gasteiger partial charge is 0.489 e. The van der Waals surface area contributed by atoms with Crippen LogP contribution in [0.5, 0.6) is 5.75 Å². The summed E-state index contributed by atoms with van der Waals surface area (Å²) < 4.78 is 36.5. The molecule has 0 bridgehead atoms. The Bertz CT molecular complexity index is 916. The van der Waals surface area contributed by atoms with Crippen LogP contribution in [0.4, 0.5) is 14.9 Å². The highest BCUT2D eigenvalue weighted by Crippen LogP contribution is 2.37. The Balaban J connectivity index is 1.64. The van der Waals surface area contributed by atoms with Crippen molar-refractivity contribution in [2.75, 3.05) is 59.6 Å². The molecule has 33 heavy (non-hydrogen) atoms. The van der Waals surface area contributed by atoms with E-state index in [1.165, 1.54) is 12.1 Å². The Morgan fingerprint density at radius 3 is 2.42 bits per heavy atom. The maximum atomic E-state index is 14.4. The molecule has 0 aliphatic carbocycles. The molecule has 0 radical (unpaired) electrons. The summed E-state index contributed by atoms with van der Waals surface area (Å²) in [6.07, 6.45) is 1.33. The van der Waals surface area contributed by atoms with Gasteiger partial charge in [0.1, 0.15) is 18.2 Å². The number of anilines is 1. The first-order valence-corrected chi connectivity index (χ1v) is 11.0. The van der Waals surface area contributed by atoms with Crippen LogP contribution in [0, 0.1) is 5.82 Å². The molecule has 180 valence electrons. The van der Waals surface area contributed by atoms with Gasteiger partial charge in [-0.3, -0.25) is 4.90 Å². The second-order valence-corrected chi connectivity index (χ2v) is 8.20. The minimum Gasteiger partial charge on any atom is -0.489 e. The zero-order valence-corrected chi connectivity index (χ0v) is 19.8. The second kappa shape index (κ2) is 11.4. The van der Waals surface area contributed by atoms with Crippen LogP contribution in [-0.4, -0.2) is 65.6 Å². The van der Waals surface area contributed by atoms with Gasteiger partial charge in [-0.15, -0.1) is 0 Å². The van der Waals surface area contributed by atoms with Crippen molar-refractivity contribution in [2.24, 2.45) is 0 Å². The zero-order chi connectivity index (χ0) is 23.8. The third-order valence-corrected chi connectivity index (χ3v) is 6.06. The molecule has 1 fully saturated rings. The molecule has 1 aliphatic rings. The lowest BCUT2D eigenvalue weighted by Gasteiger charge is -2.36. The smallest absolute Gasteiger partial charge is 0.324 e. The number of likely N-dealkylation sites (N-methyl/N-ethyl adjacent to an activating group) is 1. The summed E-state index contributed by atoms with van der Waals surface area (Å²) in [4.78, 5) is 15.7. The average molecular weight is 461 g/mol. The van der Waals surface area contributed by atoms with Gasteiger partial charge in [0.05, 0.1) is 12.2 Å². The number of halogens is 1. The van der Waals surface area contributed by atoms with Gasteiger partial charge in [-0.2, -0.15) is 0 Å². The molecule has 1 heterocycles. The van der Waals surface area contributed by atoms with Crippen LogP contribution in [-0.2, 0) is 26.4 Å². The predicted molar refractivity (Wildman–Crippen MR) is 124 cm³/mol. The molecule has 0 spiro atoms. The van der Waals surface area contributed by atoms with Crippen molar-refractivity contribution in [1.82, 2.24) is 4.90 Å². The standard InChI is InChI=1S/C25H33FN2O5/c1-27(11-14-30-3)24(29)28(2)22-7-5-19(6-8-22)18-33-23-16-20(15-21(26)17-23)25(31-4)9-12-32-13-10-25/h5-8,15-17H,9-14,18H2,1-4H3. The highest BCUT2D eigenvalue weighted by Gasteiger charge is 2.35. The zero-order valence-electron chi connectivity index (χ0n) is 19.8. The number of methoxy groups -OCH3 is 2. The molecular formula is C25H33FN2O5. The average Bonchev–Trinajstić information content (AvgIpc) is 2.85. The van der Waals surface area contributed by atoms with E-state index < -0.39 is 5.60 Å². The number of urea groups is 1. The molecule has 2 aromatic rings. The molecule has 1 saturated heterocycles. The summed E-state index contributed by atoms with van der Waals surface area (Å²) in [5.41, 5.74) is 1.87. The van der Waals surface area contributed by atoms with Crippen LogP contribution in [0.25, 0.3) is 0 Å². The first kappa shape index (κ1) is 25.0. The lowest BCUT2D eigenvalue weighted by Crippen LogP contribution is -2.40. The van der Waals surface area contributed by atoms with E-state index in [0.717, 1.165) is 16.8 Å². The van der Waals surface area contributed by atoms with Crippen molar-refractivity contribution in [3.63, 3.8) is 0 Å². The summed E-state index contributed by atoms with van der Waals surface area (Å²) in [5.74, 6) is 0.0857. The summed E-state index contributed by atoms with van der Waals surface area (Å²) in [7, 11) is 6.72. The van der Waals surface area contributed by atoms with E-state index in [0.29, 0.717) is 45.0 Å². The van der Waals surface area contributed by atoms with Gasteiger partial charge in [0, 0.05) is 72.7 Å². The molecule has 2 amide bonds. The topological polar surface area (TPSA) is 60.5 Å². The van der Waals surface area contributed by atoms with Gasteiger partial charge in [-0.1, -0.05) is 12.1 Å². The van der Waals surface area contributed by atoms with Crippen LogP contribution in [0.3, 0.4) is 0 Å². The highest BCUT2D eigenvalue weighted by atomic mass is 19.1. The third kappa shape index (κ3) is 6.22. The van der Waals surface area contributed by atoms with Gasteiger partial charge in [0.15, 0.2) is 0 Å². The van der Waals surface area contributed by atoms with Gasteiger partial charge >= 0.3 is 6.03 Å². The van der Waals surface area contributed by atoms with Crippen LogP contribution in [0.2, 0.25) is 0 Å². The molecule has 0 aromatic heterocycles. The fourth-order valence-corrected chi connectivity index (χ4v) is 3.89. The minimum absolute atomic E-state index is 0.122. The van der Waals surface area contributed by atoms with Crippen LogP contribution in [0.1, 0.15) is 24.0 Å². The number of hydrogen-bond donors (Lipinski definition) is 0. The Morgan fingerprint density at radius 2 is 1.79 bits per heavy atom. The van der Waals surface area contributed by atoms with Crippen molar-refractivity contribution in [2.45, 2.75) is 25.0 Å². The maximum absolute atomic E-state index is 14.4. The second-order valence-electron chi connectivity index (χ2n) is 8.20. The van der Waals surface area contributed by atoms with Crippen molar-refractivity contribution >= 4 is 11.7 Å². The molecule has 3 rings (SSSR count). The first-order chi connectivity index (χ1) is 15.9. The molecular weight excluding hydrogens is 427 g/mol. The lowest BCUT2D eigenvalue weighted by atomic mass is 9.86. The SMILES string of the molecule is COCCN(C)C(=O)N(C)c1ccc(COc2cc(F)cc(C3(OC)CCOCC3)c2)cc1. The van der Waals surface area contributed by atoms with Crippen molar-refractivity contribution in [1.29, 1.82) is 0 Å². The van der Waals surface area contributed by atoms with Crippen molar-refractivity contribution in [3.05, 3.63) is 59.4 Å². The molecule has 8 heteroatoms. The first-order valence-electron chi connectivity index (χ1n) is 11.0. The van der Waals surface area contributed by atoms with Crippen LogP contribution >= 0.6 is 0 Å². The molecule has 2 aromatic carbocycles. The van der Waals surface area contributed by atoms with E-state index in [1.54, 1.807) is 38.1 Å². The molecule has 0 unspecified atom stereocenters. The van der Waals surface area contributed by atoms with E-state index in [-0.39, 0.29) is 18.5 Å². The van der Waals surface area contributed by atoms with Gasteiger partial charge in [-0.25, -0.2) is 9.18 Å². The van der Waals surface area contributed by atoms with Crippen LogP contribution in [0.15, 0.2) is 42.5 Å².